The summed E-state index contributed by atoms with van der Waals surface area (Å²) in [7, 11) is -2.77. The van der Waals surface area contributed by atoms with Gasteiger partial charge in [-0.25, -0.2) is 0 Å². The Kier molecular flexibility index (Phi) is 8.65. The van der Waals surface area contributed by atoms with Crippen LogP contribution in [0.3, 0.4) is 0 Å². The van der Waals surface area contributed by atoms with Crippen molar-refractivity contribution in [2.45, 2.75) is 0 Å². The van der Waals surface area contributed by atoms with E-state index in [2.05, 4.69) is 241 Å². The molecular weight excluding hydrogens is 806 g/mol. The van der Waals surface area contributed by atoms with Crippen LogP contribution in [0.15, 0.2) is 243 Å². The van der Waals surface area contributed by atoms with Gasteiger partial charge in [-0.05, 0) is 85.5 Å². The number of benzene rings is 10. The van der Waals surface area contributed by atoms with Crippen LogP contribution in [0.25, 0.3) is 60.9 Å². The Labute approximate surface area is 379 Å². The largest absolute Gasteiger partial charge is 0.551 e. The number of hydrogen-bond acceptors (Lipinski definition) is 2. The molecule has 2 aliphatic heterocycles. The maximum Gasteiger partial charge on any atom is 0.434 e. The Morgan fingerprint density at radius 1 is 0.354 bits per heavy atom. The van der Waals surface area contributed by atoms with Crippen LogP contribution in [0, 0.1) is 0 Å². The van der Waals surface area contributed by atoms with Gasteiger partial charge in [-0.15, -0.1) is 0 Å². The molecule has 2 aliphatic rings. The molecule has 10 aromatic carbocycles. The van der Waals surface area contributed by atoms with Crippen LogP contribution >= 0.6 is 0 Å². The summed E-state index contributed by atoms with van der Waals surface area (Å²) < 4.78 is 16.4. The average molecular weight is 846 g/mol. The van der Waals surface area contributed by atoms with Crippen molar-refractivity contribution in [1.82, 2.24) is 4.57 Å². The summed E-state index contributed by atoms with van der Waals surface area (Å²) in [6.45, 7) is -0.324. The van der Waals surface area contributed by atoms with Crippen molar-refractivity contribution in [1.29, 1.82) is 0 Å². The number of ether oxygens (including phenoxy) is 1. The van der Waals surface area contributed by atoms with Crippen LogP contribution in [-0.2, 0) is 0 Å². The minimum atomic E-state index is -2.77. The zero-order chi connectivity index (χ0) is 42.9. The molecule has 5 heteroatoms. The molecule has 1 aromatic heterocycles. The number of fused-ring (bicyclic) bond motifs is 7. The number of aromatic nitrogens is 1. The molecule has 0 radical (unpaired) electrons. The van der Waals surface area contributed by atoms with Crippen molar-refractivity contribution >= 4 is 68.5 Å². The topological polar surface area (TPSA) is 23.4 Å². The van der Waals surface area contributed by atoms with Crippen LogP contribution in [0.5, 0.6) is 17.2 Å². The monoisotopic (exact) mass is 845 g/mol. The number of para-hydroxylation sites is 4. The van der Waals surface area contributed by atoms with E-state index in [9.17, 15) is 0 Å². The third kappa shape index (κ3) is 5.83. The van der Waals surface area contributed by atoms with E-state index in [4.69, 9.17) is 9.39 Å². The van der Waals surface area contributed by atoms with Crippen molar-refractivity contribution in [3.8, 4) is 56.3 Å². The van der Waals surface area contributed by atoms with Crippen molar-refractivity contribution in [2.75, 3.05) is 0 Å². The van der Waals surface area contributed by atoms with Crippen LogP contribution < -0.4 is 41.1 Å². The molecule has 0 unspecified atom stereocenters. The van der Waals surface area contributed by atoms with E-state index >= 15 is 0 Å². The van der Waals surface area contributed by atoms with Gasteiger partial charge in [0.15, 0.2) is 8.07 Å². The minimum Gasteiger partial charge on any atom is -0.551 e. The molecule has 13 rings (SSSR count). The van der Waals surface area contributed by atoms with Gasteiger partial charge in [-0.1, -0.05) is 200 Å². The molecule has 0 N–H and O–H groups in total. The maximum atomic E-state index is 7.17. The van der Waals surface area contributed by atoms with Gasteiger partial charge >= 0.3 is 6.92 Å². The highest BCUT2D eigenvalue weighted by atomic mass is 28.3. The van der Waals surface area contributed by atoms with Gasteiger partial charge in [0.2, 0.25) is 0 Å². The summed E-state index contributed by atoms with van der Waals surface area (Å²) in [6, 6.07) is 88.4. The molecule has 0 spiro atoms. The zero-order valence-electron chi connectivity index (χ0n) is 35.4. The lowest BCUT2D eigenvalue weighted by Crippen LogP contribution is -2.74. The third-order valence-corrected chi connectivity index (χ3v) is 18.4. The van der Waals surface area contributed by atoms with Gasteiger partial charge in [0.25, 0.3) is 0 Å². The summed E-state index contributed by atoms with van der Waals surface area (Å²) >= 11 is 0. The quantitative estimate of drug-likeness (QED) is 0.118. The number of nitrogens with zero attached hydrogens (tertiary/aromatic N) is 1. The molecule has 65 heavy (non-hydrogen) atoms. The second-order valence-electron chi connectivity index (χ2n) is 17.1. The average Bonchev–Trinajstić information content (AvgIpc) is 3.72. The number of rotatable bonds is 7. The summed E-state index contributed by atoms with van der Waals surface area (Å²) in [5.41, 5.74) is 12.3. The summed E-state index contributed by atoms with van der Waals surface area (Å²) in [5.74, 6) is 2.51. The standard InChI is InChI=1S/C60H40BNO2Si/c1-4-20-44(21-5-1)65(45-22-6-2-7-23-45,46-24-8-3-9-25-46)47-26-18-19-41(37-47)43-38-52-51-36-35-42(39-58(51)64-61-53-30-13-17-34-57(53)63-59(40-43)60(52)61)48-27-10-14-31-54(48)62-55-32-15-11-28-49(55)50-29-12-16-33-56(50)62/h1-40H. The first kappa shape index (κ1) is 37.4. The Morgan fingerprint density at radius 3 is 1.62 bits per heavy atom. The maximum absolute atomic E-state index is 7.17. The van der Waals surface area contributed by atoms with E-state index in [1.807, 2.05) is 6.07 Å². The van der Waals surface area contributed by atoms with Crippen molar-refractivity contribution in [2.24, 2.45) is 0 Å². The van der Waals surface area contributed by atoms with Gasteiger partial charge < -0.3 is 14.0 Å². The SMILES string of the molecule is c1ccc([Si](c2ccccc2)(c2ccccc2)c2cccc(-c3cc4c5c(c3)-c3ccc(-c6ccccc6-n6c7ccccc7c7ccccc76)cc3OB5c3ccccc3O4)c2)cc1. The summed E-state index contributed by atoms with van der Waals surface area (Å²) in [5, 5.41) is 7.85. The molecular formula is C60H40BNO2Si. The fourth-order valence-corrected chi connectivity index (χ4v) is 15.6. The summed E-state index contributed by atoms with van der Waals surface area (Å²) in [4.78, 5) is 0. The van der Waals surface area contributed by atoms with E-state index in [-0.39, 0.29) is 6.92 Å². The molecule has 3 nitrogen and oxygen atoms in total. The number of hydrogen-bond donors (Lipinski definition) is 0. The van der Waals surface area contributed by atoms with Crippen LogP contribution in [0.2, 0.25) is 0 Å². The Morgan fingerprint density at radius 2 is 0.923 bits per heavy atom. The summed E-state index contributed by atoms with van der Waals surface area (Å²) in [6.07, 6.45) is 0. The highest BCUT2D eigenvalue weighted by Crippen LogP contribution is 2.44. The van der Waals surface area contributed by atoms with E-state index in [0.717, 1.165) is 67.2 Å². The second-order valence-corrected chi connectivity index (χ2v) is 20.9. The highest BCUT2D eigenvalue weighted by molar-refractivity contribution is 7.19. The Bertz CT molecular complexity index is 3470. The lowest BCUT2D eigenvalue weighted by molar-refractivity contribution is 0.479. The lowest BCUT2D eigenvalue weighted by Gasteiger charge is -2.35. The molecule has 11 aromatic rings. The molecule has 0 saturated carbocycles. The highest BCUT2D eigenvalue weighted by Gasteiger charge is 2.43. The fraction of sp³-hybridized carbons (Fsp3) is 0. The normalized spacial score (nSPS) is 12.5. The first-order valence-corrected chi connectivity index (χ1v) is 24.4. The fourth-order valence-electron chi connectivity index (χ4n) is 10.8. The molecule has 0 atom stereocenters. The lowest BCUT2D eigenvalue weighted by atomic mass is 9.50. The second kappa shape index (κ2) is 15.0. The van der Waals surface area contributed by atoms with Gasteiger partial charge in [0.05, 0.1) is 16.7 Å². The van der Waals surface area contributed by atoms with Gasteiger partial charge in [-0.2, -0.15) is 0 Å². The van der Waals surface area contributed by atoms with Gasteiger partial charge in [0, 0.05) is 32.8 Å². The molecule has 3 heterocycles. The van der Waals surface area contributed by atoms with Crippen LogP contribution in [0.4, 0.5) is 0 Å². The molecule has 0 amide bonds. The first-order chi connectivity index (χ1) is 32.2. The van der Waals surface area contributed by atoms with E-state index < -0.39 is 8.07 Å². The molecule has 0 fully saturated rings. The first-order valence-electron chi connectivity index (χ1n) is 22.4. The molecule has 0 bridgehead atoms. The van der Waals surface area contributed by atoms with E-state index in [1.54, 1.807) is 0 Å². The third-order valence-electron chi connectivity index (χ3n) is 13.6. The van der Waals surface area contributed by atoms with E-state index in [1.165, 1.54) is 42.6 Å². The predicted octanol–water partition coefficient (Wildman–Crippen LogP) is 10.8. The Hall–Kier alpha value is -8.12. The Balaban J connectivity index is 0.994. The van der Waals surface area contributed by atoms with E-state index in [0.29, 0.717) is 0 Å². The van der Waals surface area contributed by atoms with Crippen molar-refractivity contribution < 1.29 is 9.39 Å². The van der Waals surface area contributed by atoms with Gasteiger partial charge in [0.1, 0.15) is 17.2 Å². The van der Waals surface area contributed by atoms with Crippen molar-refractivity contribution in [3.05, 3.63) is 243 Å². The molecule has 0 saturated heterocycles. The van der Waals surface area contributed by atoms with Crippen molar-refractivity contribution in [3.63, 3.8) is 0 Å². The molecule has 0 aliphatic carbocycles. The molecule has 304 valence electrons. The van der Waals surface area contributed by atoms with Crippen LogP contribution in [-0.4, -0.2) is 19.6 Å². The predicted molar refractivity (Wildman–Crippen MR) is 273 cm³/mol. The van der Waals surface area contributed by atoms with Crippen LogP contribution in [0.1, 0.15) is 0 Å². The smallest absolute Gasteiger partial charge is 0.434 e. The zero-order valence-corrected chi connectivity index (χ0v) is 36.4. The minimum absolute atomic E-state index is 0.324. The van der Waals surface area contributed by atoms with Gasteiger partial charge in [-0.3, -0.25) is 0 Å².